The molecule has 1 heterocycles. The van der Waals surface area contributed by atoms with Gasteiger partial charge >= 0.3 is 0 Å². The van der Waals surface area contributed by atoms with Gasteiger partial charge in [0.15, 0.2) is 5.96 Å². The molecule has 0 amide bonds. The van der Waals surface area contributed by atoms with Gasteiger partial charge in [-0.25, -0.2) is 0 Å². The van der Waals surface area contributed by atoms with Crippen LogP contribution in [0, 0.1) is 0 Å². The van der Waals surface area contributed by atoms with Crippen LogP contribution in [-0.4, -0.2) is 48.2 Å². The summed E-state index contributed by atoms with van der Waals surface area (Å²) < 4.78 is 0. The van der Waals surface area contributed by atoms with Crippen LogP contribution in [0.4, 0.5) is 0 Å². The van der Waals surface area contributed by atoms with Crippen molar-refractivity contribution in [1.29, 1.82) is 0 Å². The molecule has 22 heavy (non-hydrogen) atoms. The Morgan fingerprint density at radius 1 is 1.41 bits per heavy atom. The molecule has 0 bridgehead atoms. The van der Waals surface area contributed by atoms with Crippen molar-refractivity contribution in [3.63, 3.8) is 0 Å². The quantitative estimate of drug-likeness (QED) is 0.440. The molecule has 0 saturated carbocycles. The number of nitrogens with zero attached hydrogens (tertiary/aromatic N) is 2. The van der Waals surface area contributed by atoms with E-state index in [0.29, 0.717) is 12.5 Å². The van der Waals surface area contributed by atoms with Crippen LogP contribution in [0.3, 0.4) is 0 Å². The molecule has 0 aliphatic carbocycles. The van der Waals surface area contributed by atoms with E-state index in [4.69, 9.17) is 4.99 Å². The molecule has 0 spiro atoms. The van der Waals surface area contributed by atoms with Crippen LogP contribution in [0.15, 0.2) is 35.3 Å². The maximum atomic E-state index is 9.65. The Balaban J connectivity index is 0.00000242. The Morgan fingerprint density at radius 3 is 2.73 bits per heavy atom. The Morgan fingerprint density at radius 2 is 2.14 bits per heavy atom. The van der Waals surface area contributed by atoms with E-state index < -0.39 is 0 Å². The fraction of sp³-hybridized carbons (Fsp3) is 0.588. The minimum absolute atomic E-state index is 0. The zero-order valence-electron chi connectivity index (χ0n) is 13.5. The Labute approximate surface area is 151 Å². The minimum Gasteiger partial charge on any atom is -0.391 e. The highest BCUT2D eigenvalue weighted by Gasteiger charge is 2.22. The SMILES string of the molecule is CCNC(=NCCC(C)c1ccccc1)N1CC[C@@H](O)C1.I. The number of hydrogen-bond donors (Lipinski definition) is 2. The second-order valence-electron chi connectivity index (χ2n) is 5.72. The fourth-order valence-electron chi connectivity index (χ4n) is 2.67. The molecule has 1 aliphatic rings. The predicted molar refractivity (Wildman–Crippen MR) is 103 cm³/mol. The average molecular weight is 417 g/mol. The first-order valence-corrected chi connectivity index (χ1v) is 7.97. The molecule has 4 nitrogen and oxygen atoms in total. The van der Waals surface area contributed by atoms with Gasteiger partial charge in [-0.3, -0.25) is 4.99 Å². The van der Waals surface area contributed by atoms with E-state index in [9.17, 15) is 5.11 Å². The van der Waals surface area contributed by atoms with Crippen LogP contribution in [0.1, 0.15) is 38.2 Å². The summed E-state index contributed by atoms with van der Waals surface area (Å²) in [6.07, 6.45) is 1.66. The summed E-state index contributed by atoms with van der Waals surface area (Å²) in [4.78, 5) is 6.87. The topological polar surface area (TPSA) is 47.9 Å². The van der Waals surface area contributed by atoms with Crippen LogP contribution in [0.25, 0.3) is 0 Å². The lowest BCUT2D eigenvalue weighted by Gasteiger charge is -2.21. The summed E-state index contributed by atoms with van der Waals surface area (Å²) in [5, 5.41) is 13.0. The Kier molecular flexibility index (Phi) is 8.78. The van der Waals surface area contributed by atoms with Crippen LogP contribution in [0.2, 0.25) is 0 Å². The van der Waals surface area contributed by atoms with E-state index in [1.165, 1.54) is 5.56 Å². The van der Waals surface area contributed by atoms with Crippen LogP contribution in [-0.2, 0) is 0 Å². The van der Waals surface area contributed by atoms with Gasteiger partial charge in [0.25, 0.3) is 0 Å². The third-order valence-electron chi connectivity index (χ3n) is 3.99. The largest absolute Gasteiger partial charge is 0.391 e. The molecule has 2 rings (SSSR count). The number of aliphatic hydroxyl groups is 1. The normalized spacial score (nSPS) is 19.7. The van der Waals surface area contributed by atoms with Gasteiger partial charge < -0.3 is 15.3 Å². The van der Waals surface area contributed by atoms with Crippen molar-refractivity contribution >= 4 is 29.9 Å². The standard InChI is InChI=1S/C17H27N3O.HI/c1-3-18-17(20-12-10-16(21)13-20)19-11-9-14(2)15-7-5-4-6-8-15;/h4-8,14,16,21H,3,9-13H2,1-2H3,(H,18,19);1H/t14?,16-;/m1./s1. The third kappa shape index (κ3) is 5.76. The first kappa shape index (κ1) is 19.2. The van der Waals surface area contributed by atoms with E-state index in [1.54, 1.807) is 0 Å². The highest BCUT2D eigenvalue weighted by molar-refractivity contribution is 14.0. The van der Waals surface area contributed by atoms with Crippen LogP contribution >= 0.6 is 24.0 Å². The van der Waals surface area contributed by atoms with Gasteiger partial charge in [-0.2, -0.15) is 0 Å². The molecule has 2 N–H and O–H groups in total. The first-order valence-electron chi connectivity index (χ1n) is 7.97. The molecule has 0 radical (unpaired) electrons. The molecule has 1 aromatic carbocycles. The lowest BCUT2D eigenvalue weighted by molar-refractivity contribution is 0.188. The highest BCUT2D eigenvalue weighted by Crippen LogP contribution is 2.18. The van der Waals surface area contributed by atoms with Gasteiger partial charge in [0, 0.05) is 26.2 Å². The highest BCUT2D eigenvalue weighted by atomic mass is 127. The summed E-state index contributed by atoms with van der Waals surface area (Å²) in [6, 6.07) is 10.6. The number of nitrogens with one attached hydrogen (secondary N) is 1. The molecule has 124 valence electrons. The summed E-state index contributed by atoms with van der Waals surface area (Å²) in [5.74, 6) is 1.45. The fourth-order valence-corrected chi connectivity index (χ4v) is 2.67. The number of rotatable bonds is 5. The zero-order chi connectivity index (χ0) is 15.1. The molecule has 1 fully saturated rings. The summed E-state index contributed by atoms with van der Waals surface area (Å²) in [5.41, 5.74) is 1.37. The van der Waals surface area contributed by atoms with Crippen molar-refractivity contribution < 1.29 is 5.11 Å². The van der Waals surface area contributed by atoms with Crippen molar-refractivity contribution in [2.24, 2.45) is 4.99 Å². The van der Waals surface area contributed by atoms with E-state index in [1.807, 2.05) is 0 Å². The molecular weight excluding hydrogens is 389 g/mol. The lowest BCUT2D eigenvalue weighted by Crippen LogP contribution is -2.40. The maximum Gasteiger partial charge on any atom is 0.194 e. The number of likely N-dealkylation sites (tertiary alicyclic amines) is 1. The number of β-amino-alcohol motifs (C(OH)–C–C–N with tert-alkyl or cyclic N) is 1. The number of aliphatic imine (C=N–C) groups is 1. The van der Waals surface area contributed by atoms with Gasteiger partial charge in [0.05, 0.1) is 6.10 Å². The van der Waals surface area contributed by atoms with Crippen molar-refractivity contribution in [3.8, 4) is 0 Å². The number of benzene rings is 1. The Bertz CT molecular complexity index is 452. The summed E-state index contributed by atoms with van der Waals surface area (Å²) in [7, 11) is 0. The molecule has 2 atom stereocenters. The van der Waals surface area contributed by atoms with Crippen molar-refractivity contribution in [2.75, 3.05) is 26.2 Å². The van der Waals surface area contributed by atoms with Gasteiger partial charge in [-0.15, -0.1) is 24.0 Å². The van der Waals surface area contributed by atoms with Gasteiger partial charge in [-0.05, 0) is 31.2 Å². The molecule has 1 saturated heterocycles. The second kappa shape index (κ2) is 10.0. The van der Waals surface area contributed by atoms with Crippen LogP contribution < -0.4 is 5.32 Å². The van der Waals surface area contributed by atoms with Crippen molar-refractivity contribution in [1.82, 2.24) is 10.2 Å². The van der Waals surface area contributed by atoms with Crippen molar-refractivity contribution in [2.45, 2.75) is 38.7 Å². The molecule has 1 aromatic rings. The van der Waals surface area contributed by atoms with Crippen LogP contribution in [0.5, 0.6) is 0 Å². The monoisotopic (exact) mass is 417 g/mol. The van der Waals surface area contributed by atoms with E-state index in [0.717, 1.165) is 38.4 Å². The van der Waals surface area contributed by atoms with Crippen molar-refractivity contribution in [3.05, 3.63) is 35.9 Å². The first-order chi connectivity index (χ1) is 10.2. The third-order valence-corrected chi connectivity index (χ3v) is 3.99. The summed E-state index contributed by atoms with van der Waals surface area (Å²) in [6.45, 7) is 7.58. The molecular formula is C17H28IN3O. The molecule has 1 aliphatic heterocycles. The lowest BCUT2D eigenvalue weighted by atomic mass is 9.98. The number of halogens is 1. The minimum atomic E-state index is -0.211. The smallest absolute Gasteiger partial charge is 0.194 e. The second-order valence-corrected chi connectivity index (χ2v) is 5.72. The maximum absolute atomic E-state index is 9.65. The molecule has 0 aromatic heterocycles. The van der Waals surface area contributed by atoms with E-state index >= 15 is 0 Å². The van der Waals surface area contributed by atoms with E-state index in [2.05, 4.69) is 54.4 Å². The molecule has 5 heteroatoms. The van der Waals surface area contributed by atoms with Gasteiger partial charge in [0.2, 0.25) is 0 Å². The molecule has 1 unspecified atom stereocenters. The van der Waals surface area contributed by atoms with Gasteiger partial charge in [0.1, 0.15) is 0 Å². The average Bonchev–Trinajstić information content (AvgIpc) is 2.93. The Hall–Kier alpha value is -0.820. The van der Waals surface area contributed by atoms with E-state index in [-0.39, 0.29) is 30.1 Å². The number of guanidine groups is 1. The summed E-state index contributed by atoms with van der Waals surface area (Å²) >= 11 is 0. The number of aliphatic hydroxyl groups excluding tert-OH is 1. The van der Waals surface area contributed by atoms with Gasteiger partial charge in [-0.1, -0.05) is 37.3 Å². The zero-order valence-corrected chi connectivity index (χ0v) is 15.9. The predicted octanol–water partition coefficient (Wildman–Crippen LogP) is 2.83. The number of hydrogen-bond acceptors (Lipinski definition) is 2.